The smallest absolute Gasteiger partial charge is 0.276 e. The Balaban J connectivity index is 2.60. The molecule has 0 aliphatic rings. The van der Waals surface area contributed by atoms with Gasteiger partial charge in [-0.05, 0) is 24.0 Å². The molecule has 24 heavy (non-hydrogen) atoms. The second-order valence-electron chi connectivity index (χ2n) is 6.17. The molecule has 1 heterocycles. The van der Waals surface area contributed by atoms with Crippen LogP contribution in [0.15, 0.2) is 24.4 Å². The fourth-order valence-corrected chi connectivity index (χ4v) is 2.30. The van der Waals surface area contributed by atoms with Gasteiger partial charge in [0.15, 0.2) is 0 Å². The molecule has 1 rings (SSSR count). The highest BCUT2D eigenvalue weighted by atomic mass is 32.2. The van der Waals surface area contributed by atoms with E-state index in [-0.39, 0.29) is 11.8 Å². The summed E-state index contributed by atoms with van der Waals surface area (Å²) in [5.41, 5.74) is 4.53. The number of anilines is 1. The molecule has 0 fully saturated rings. The van der Waals surface area contributed by atoms with E-state index in [1.807, 2.05) is 20.8 Å². The Morgan fingerprint density at radius 2 is 2.04 bits per heavy atom. The molecule has 8 heteroatoms. The zero-order valence-corrected chi connectivity index (χ0v) is 14.9. The van der Waals surface area contributed by atoms with Crippen LogP contribution in [-0.4, -0.2) is 33.8 Å². The number of nitrogens with zero attached hydrogens (tertiary/aromatic N) is 1. The van der Waals surface area contributed by atoms with Crippen molar-refractivity contribution < 1.29 is 14.4 Å². The van der Waals surface area contributed by atoms with Gasteiger partial charge in [-0.3, -0.25) is 14.4 Å². The quantitative estimate of drug-likeness (QED) is 0.650. The van der Waals surface area contributed by atoms with Crippen LogP contribution in [0.25, 0.3) is 0 Å². The maximum atomic E-state index is 12.5. The molecule has 1 aromatic heterocycles. The molecule has 1 radical (unpaired) electrons. The van der Waals surface area contributed by atoms with E-state index >= 15 is 0 Å². The summed E-state index contributed by atoms with van der Waals surface area (Å²) < 4.78 is 0. The minimum Gasteiger partial charge on any atom is -0.361 e. The Kier molecular flexibility index (Phi) is 7.70. The summed E-state index contributed by atoms with van der Waals surface area (Å²) in [6.45, 7) is 5.58. The minimum atomic E-state index is -0.730. The first kappa shape index (κ1) is 20.0. The number of hydrogen-bond acceptors (Lipinski definition) is 5. The molecule has 0 unspecified atom stereocenters. The van der Waals surface area contributed by atoms with Crippen molar-refractivity contribution in [1.82, 2.24) is 10.3 Å². The molecular weight excluding hydrogens is 328 g/mol. The van der Waals surface area contributed by atoms with Crippen LogP contribution in [0.1, 0.15) is 27.2 Å². The van der Waals surface area contributed by atoms with Gasteiger partial charge in [0.25, 0.3) is 5.24 Å². The van der Waals surface area contributed by atoms with Crippen LogP contribution in [0.2, 0.25) is 0 Å². The van der Waals surface area contributed by atoms with Crippen LogP contribution in [0.3, 0.4) is 0 Å². The molecule has 0 aromatic carbocycles. The fraction of sp³-hybridized carbons (Fsp3) is 0.438. The van der Waals surface area contributed by atoms with E-state index in [9.17, 15) is 14.4 Å². The predicted octanol–water partition coefficient (Wildman–Crippen LogP) is 1.96. The second kappa shape index (κ2) is 9.27. The van der Waals surface area contributed by atoms with Crippen molar-refractivity contribution in [3.63, 3.8) is 0 Å². The number of primary amides is 1. The Labute approximate surface area is 146 Å². The van der Waals surface area contributed by atoms with E-state index in [0.717, 1.165) is 11.8 Å². The molecule has 1 atom stereocenters. The number of thioether (sulfide) groups is 1. The summed E-state index contributed by atoms with van der Waals surface area (Å²) >= 11 is 0.946. The number of carbonyl (C=O) groups excluding carboxylic acids is 3. The highest BCUT2D eigenvalue weighted by Crippen LogP contribution is 2.21. The number of nitrogens with one attached hydrogen (secondary N) is 2. The van der Waals surface area contributed by atoms with Crippen molar-refractivity contribution in [3.05, 3.63) is 30.8 Å². The van der Waals surface area contributed by atoms with Gasteiger partial charge in [-0.25, -0.2) is 4.98 Å². The maximum absolute atomic E-state index is 12.5. The largest absolute Gasteiger partial charge is 0.361 e. The molecule has 3 amide bonds. The molecule has 0 spiro atoms. The molecule has 131 valence electrons. The standard InChI is InChI=1S/C16H23N4O3S/c1-16(2,3)13(14(22)19-11-7-4-5-9-18-11)20-12(21)8-6-10-24-15(17)23/h4-5,7-9,13H,6,10H2,1-3H3,(H2,17,23)(H,20,21)(H,18,19,22)/t13-/m1/s1. The van der Waals surface area contributed by atoms with Gasteiger partial charge in [-0.15, -0.1) is 0 Å². The number of amides is 3. The first-order valence-corrected chi connectivity index (χ1v) is 8.46. The van der Waals surface area contributed by atoms with Crippen molar-refractivity contribution in [1.29, 1.82) is 0 Å². The Morgan fingerprint density at radius 1 is 1.33 bits per heavy atom. The van der Waals surface area contributed by atoms with Crippen LogP contribution in [0.4, 0.5) is 10.6 Å². The monoisotopic (exact) mass is 351 g/mol. The van der Waals surface area contributed by atoms with Gasteiger partial charge in [0.1, 0.15) is 11.9 Å². The molecule has 7 nitrogen and oxygen atoms in total. The molecule has 0 saturated heterocycles. The molecular formula is C16H23N4O3S. The van der Waals surface area contributed by atoms with E-state index in [4.69, 9.17) is 5.73 Å². The summed E-state index contributed by atoms with van der Waals surface area (Å²) in [6.07, 6.45) is 3.37. The summed E-state index contributed by atoms with van der Waals surface area (Å²) in [5, 5.41) is 4.92. The lowest BCUT2D eigenvalue weighted by molar-refractivity contribution is -0.127. The average molecular weight is 351 g/mol. The van der Waals surface area contributed by atoms with Crippen molar-refractivity contribution in [3.8, 4) is 0 Å². The van der Waals surface area contributed by atoms with Gasteiger partial charge >= 0.3 is 0 Å². The van der Waals surface area contributed by atoms with Crippen molar-refractivity contribution in [2.24, 2.45) is 11.1 Å². The van der Waals surface area contributed by atoms with E-state index < -0.39 is 16.7 Å². The number of aromatic nitrogens is 1. The second-order valence-corrected chi connectivity index (χ2v) is 7.27. The number of nitrogens with two attached hydrogens (primary N) is 1. The maximum Gasteiger partial charge on any atom is 0.276 e. The zero-order chi connectivity index (χ0) is 18.2. The topological polar surface area (TPSA) is 114 Å². The summed E-state index contributed by atoms with van der Waals surface area (Å²) in [5.74, 6) is 0.141. The third-order valence-corrected chi connectivity index (χ3v) is 3.75. The zero-order valence-electron chi connectivity index (χ0n) is 14.0. The first-order chi connectivity index (χ1) is 11.2. The lowest BCUT2D eigenvalue weighted by Gasteiger charge is -2.30. The van der Waals surface area contributed by atoms with E-state index in [0.29, 0.717) is 18.0 Å². The van der Waals surface area contributed by atoms with Gasteiger partial charge < -0.3 is 16.4 Å². The SMILES string of the molecule is CC(C)(C)[C@H](NC(=O)[CH]CCSC(N)=O)C(=O)Nc1ccccn1. The highest BCUT2D eigenvalue weighted by Gasteiger charge is 2.32. The Bertz CT molecular complexity index is 572. The van der Waals surface area contributed by atoms with Crippen LogP contribution < -0.4 is 16.4 Å². The number of rotatable bonds is 7. The number of pyridine rings is 1. The van der Waals surface area contributed by atoms with Crippen molar-refractivity contribution in [2.75, 3.05) is 11.1 Å². The number of carbonyl (C=O) groups is 3. The van der Waals surface area contributed by atoms with E-state index in [1.165, 1.54) is 6.42 Å². The van der Waals surface area contributed by atoms with Crippen LogP contribution in [-0.2, 0) is 9.59 Å². The van der Waals surface area contributed by atoms with Gasteiger partial charge in [0.05, 0.1) is 6.42 Å². The Hall–Kier alpha value is -2.09. The van der Waals surface area contributed by atoms with Crippen LogP contribution in [0.5, 0.6) is 0 Å². The third kappa shape index (κ3) is 7.45. The fourth-order valence-electron chi connectivity index (χ4n) is 1.86. The summed E-state index contributed by atoms with van der Waals surface area (Å²) in [6, 6.07) is 4.45. The average Bonchev–Trinajstić information content (AvgIpc) is 2.48. The number of hydrogen-bond donors (Lipinski definition) is 3. The van der Waals surface area contributed by atoms with E-state index in [1.54, 1.807) is 24.4 Å². The summed E-state index contributed by atoms with van der Waals surface area (Å²) in [4.78, 5) is 39.2. The minimum absolute atomic E-state index is 0.338. The summed E-state index contributed by atoms with van der Waals surface area (Å²) in [7, 11) is 0. The van der Waals surface area contributed by atoms with Gasteiger partial charge in [-0.2, -0.15) is 0 Å². The predicted molar refractivity (Wildman–Crippen MR) is 95.2 cm³/mol. The van der Waals surface area contributed by atoms with Gasteiger partial charge in [-0.1, -0.05) is 38.6 Å². The van der Waals surface area contributed by atoms with Crippen molar-refractivity contribution in [2.45, 2.75) is 33.2 Å². The lowest BCUT2D eigenvalue weighted by atomic mass is 9.86. The normalized spacial score (nSPS) is 12.3. The van der Waals surface area contributed by atoms with E-state index in [2.05, 4.69) is 15.6 Å². The molecule has 0 bridgehead atoms. The van der Waals surface area contributed by atoms with Crippen molar-refractivity contribution >= 4 is 34.6 Å². The van der Waals surface area contributed by atoms with Crippen LogP contribution in [0, 0.1) is 11.8 Å². The molecule has 0 saturated carbocycles. The van der Waals surface area contributed by atoms with Crippen LogP contribution >= 0.6 is 11.8 Å². The molecule has 1 aromatic rings. The molecule has 4 N–H and O–H groups in total. The Morgan fingerprint density at radius 3 is 2.58 bits per heavy atom. The highest BCUT2D eigenvalue weighted by molar-refractivity contribution is 8.13. The van der Waals surface area contributed by atoms with Gasteiger partial charge in [0, 0.05) is 11.9 Å². The third-order valence-electron chi connectivity index (χ3n) is 3.02. The molecule has 0 aliphatic carbocycles. The first-order valence-electron chi connectivity index (χ1n) is 7.48. The lowest BCUT2D eigenvalue weighted by Crippen LogP contribution is -2.51. The molecule has 0 aliphatic heterocycles. The van der Waals surface area contributed by atoms with Gasteiger partial charge in [0.2, 0.25) is 11.8 Å².